The van der Waals surface area contributed by atoms with Gasteiger partial charge in [0.05, 0.1) is 0 Å². The second-order valence-electron chi connectivity index (χ2n) is 3.94. The van der Waals surface area contributed by atoms with Crippen LogP contribution in [-0.4, -0.2) is 29.7 Å². The van der Waals surface area contributed by atoms with Gasteiger partial charge in [0.1, 0.15) is 0 Å². The summed E-state index contributed by atoms with van der Waals surface area (Å²) in [5.41, 5.74) is 7.88. The summed E-state index contributed by atoms with van der Waals surface area (Å²) < 4.78 is 0. The number of anilines is 1. The van der Waals surface area contributed by atoms with Crippen LogP contribution in [-0.2, 0) is 6.54 Å². The predicted molar refractivity (Wildman–Crippen MR) is 56.7 cm³/mol. The summed E-state index contributed by atoms with van der Waals surface area (Å²) in [5, 5.41) is 8.87. The highest BCUT2D eigenvalue weighted by atomic mass is 16.3. The van der Waals surface area contributed by atoms with E-state index in [0.717, 1.165) is 25.3 Å². The van der Waals surface area contributed by atoms with Crippen molar-refractivity contribution in [3.05, 3.63) is 29.8 Å². The Bertz CT molecular complexity index is 308. The molecule has 2 rings (SSSR count). The number of nitrogen functional groups attached to an aromatic ring is 1. The maximum Gasteiger partial charge on any atom is 0.0483 e. The molecule has 0 bridgehead atoms. The van der Waals surface area contributed by atoms with E-state index in [0.29, 0.717) is 12.5 Å². The highest BCUT2D eigenvalue weighted by Gasteiger charge is 2.25. The molecule has 14 heavy (non-hydrogen) atoms. The SMILES string of the molecule is Nc1ccccc1CN1CC(CO)C1. The van der Waals surface area contributed by atoms with Crippen molar-refractivity contribution < 1.29 is 5.11 Å². The van der Waals surface area contributed by atoms with Crippen LogP contribution in [0.2, 0.25) is 0 Å². The fourth-order valence-electron chi connectivity index (χ4n) is 1.84. The molecule has 3 N–H and O–H groups in total. The van der Waals surface area contributed by atoms with Crippen molar-refractivity contribution in [3.63, 3.8) is 0 Å². The quantitative estimate of drug-likeness (QED) is 0.693. The fourth-order valence-corrected chi connectivity index (χ4v) is 1.84. The molecular formula is C11H16N2O. The topological polar surface area (TPSA) is 49.5 Å². The largest absolute Gasteiger partial charge is 0.398 e. The molecule has 0 radical (unpaired) electrons. The number of para-hydroxylation sites is 1. The smallest absolute Gasteiger partial charge is 0.0483 e. The van der Waals surface area contributed by atoms with Gasteiger partial charge in [0, 0.05) is 37.8 Å². The van der Waals surface area contributed by atoms with Crippen LogP contribution in [0.15, 0.2) is 24.3 Å². The van der Waals surface area contributed by atoms with Gasteiger partial charge >= 0.3 is 0 Å². The van der Waals surface area contributed by atoms with Crippen LogP contribution in [0.1, 0.15) is 5.56 Å². The molecule has 0 atom stereocenters. The average Bonchev–Trinajstić information content (AvgIpc) is 2.13. The average molecular weight is 192 g/mol. The van der Waals surface area contributed by atoms with Gasteiger partial charge in [-0.3, -0.25) is 4.90 Å². The van der Waals surface area contributed by atoms with Gasteiger partial charge in [-0.2, -0.15) is 0 Å². The third kappa shape index (κ3) is 1.89. The zero-order chi connectivity index (χ0) is 9.97. The number of aliphatic hydroxyl groups is 1. The molecule has 3 heteroatoms. The molecule has 0 aromatic heterocycles. The summed E-state index contributed by atoms with van der Waals surface area (Å²) in [5.74, 6) is 0.472. The second-order valence-corrected chi connectivity index (χ2v) is 3.94. The van der Waals surface area contributed by atoms with Gasteiger partial charge < -0.3 is 10.8 Å². The van der Waals surface area contributed by atoms with Crippen LogP contribution in [0.4, 0.5) is 5.69 Å². The third-order valence-electron chi connectivity index (χ3n) is 2.74. The number of rotatable bonds is 3. The molecular weight excluding hydrogens is 176 g/mol. The molecule has 1 aliphatic rings. The van der Waals surface area contributed by atoms with Crippen LogP contribution in [0.3, 0.4) is 0 Å². The van der Waals surface area contributed by atoms with Gasteiger partial charge in [0.15, 0.2) is 0 Å². The van der Waals surface area contributed by atoms with Gasteiger partial charge in [0.25, 0.3) is 0 Å². The van der Waals surface area contributed by atoms with Crippen molar-refractivity contribution in [1.29, 1.82) is 0 Å². The number of aliphatic hydroxyl groups excluding tert-OH is 1. The summed E-state index contributed by atoms with van der Waals surface area (Å²) >= 11 is 0. The van der Waals surface area contributed by atoms with Crippen LogP contribution in [0.25, 0.3) is 0 Å². The first kappa shape index (κ1) is 9.49. The van der Waals surface area contributed by atoms with Crippen molar-refractivity contribution in [2.24, 2.45) is 5.92 Å². The fraction of sp³-hybridized carbons (Fsp3) is 0.455. The van der Waals surface area contributed by atoms with Crippen molar-refractivity contribution >= 4 is 5.69 Å². The predicted octanol–water partition coefficient (Wildman–Crippen LogP) is 0.693. The van der Waals surface area contributed by atoms with E-state index in [1.165, 1.54) is 5.56 Å². The lowest BCUT2D eigenvalue weighted by Gasteiger charge is -2.38. The molecule has 3 nitrogen and oxygen atoms in total. The number of likely N-dealkylation sites (tertiary alicyclic amines) is 1. The Morgan fingerprint density at radius 2 is 2.07 bits per heavy atom. The van der Waals surface area contributed by atoms with E-state index in [-0.39, 0.29) is 0 Å². The Hall–Kier alpha value is -1.06. The summed E-state index contributed by atoms with van der Waals surface area (Å²) in [6, 6.07) is 7.95. The third-order valence-corrected chi connectivity index (χ3v) is 2.74. The Balaban J connectivity index is 1.90. The zero-order valence-electron chi connectivity index (χ0n) is 8.19. The lowest BCUT2D eigenvalue weighted by Crippen LogP contribution is -2.47. The molecule has 1 saturated heterocycles. The molecule has 1 fully saturated rings. The first-order valence-corrected chi connectivity index (χ1v) is 4.96. The molecule has 0 saturated carbocycles. The lowest BCUT2D eigenvalue weighted by molar-refractivity contribution is 0.0481. The van der Waals surface area contributed by atoms with Crippen LogP contribution in [0, 0.1) is 5.92 Å². The van der Waals surface area contributed by atoms with Crippen molar-refractivity contribution in [3.8, 4) is 0 Å². The second kappa shape index (κ2) is 3.98. The van der Waals surface area contributed by atoms with Crippen molar-refractivity contribution in [1.82, 2.24) is 4.90 Å². The highest BCUT2D eigenvalue weighted by Crippen LogP contribution is 2.20. The molecule has 76 valence electrons. The first-order valence-electron chi connectivity index (χ1n) is 4.96. The van der Waals surface area contributed by atoms with Crippen LogP contribution >= 0.6 is 0 Å². The molecule has 0 aliphatic carbocycles. The van der Waals surface area contributed by atoms with E-state index in [1.54, 1.807) is 0 Å². The molecule has 0 unspecified atom stereocenters. The van der Waals surface area contributed by atoms with E-state index >= 15 is 0 Å². The van der Waals surface area contributed by atoms with E-state index in [4.69, 9.17) is 10.8 Å². The van der Waals surface area contributed by atoms with E-state index in [1.807, 2.05) is 18.2 Å². The van der Waals surface area contributed by atoms with E-state index in [9.17, 15) is 0 Å². The van der Waals surface area contributed by atoms with Crippen LogP contribution < -0.4 is 5.73 Å². The van der Waals surface area contributed by atoms with Gasteiger partial charge in [-0.1, -0.05) is 18.2 Å². The van der Waals surface area contributed by atoms with Gasteiger partial charge in [-0.05, 0) is 11.6 Å². The number of hydrogen-bond donors (Lipinski definition) is 2. The summed E-state index contributed by atoms with van der Waals surface area (Å²) in [6.07, 6.45) is 0. The lowest BCUT2D eigenvalue weighted by atomic mass is 10.00. The number of hydrogen-bond acceptors (Lipinski definition) is 3. The van der Waals surface area contributed by atoms with Crippen LogP contribution in [0.5, 0.6) is 0 Å². The van der Waals surface area contributed by atoms with Gasteiger partial charge in [-0.25, -0.2) is 0 Å². The summed E-state index contributed by atoms with van der Waals surface area (Å²) in [4.78, 5) is 2.30. The number of nitrogens with zero attached hydrogens (tertiary/aromatic N) is 1. The zero-order valence-corrected chi connectivity index (χ0v) is 8.19. The summed E-state index contributed by atoms with van der Waals surface area (Å²) in [7, 11) is 0. The molecule has 0 spiro atoms. The molecule has 1 heterocycles. The van der Waals surface area contributed by atoms with Gasteiger partial charge in [0.2, 0.25) is 0 Å². The monoisotopic (exact) mass is 192 g/mol. The Kier molecular flexibility index (Phi) is 2.70. The van der Waals surface area contributed by atoms with Gasteiger partial charge in [-0.15, -0.1) is 0 Å². The maximum absolute atomic E-state index is 8.87. The number of benzene rings is 1. The Morgan fingerprint density at radius 1 is 1.36 bits per heavy atom. The molecule has 1 aromatic rings. The van der Waals surface area contributed by atoms with E-state index < -0.39 is 0 Å². The molecule has 1 aliphatic heterocycles. The minimum atomic E-state index is 0.306. The normalized spacial score (nSPS) is 18.1. The molecule has 0 amide bonds. The standard InChI is InChI=1S/C11H16N2O/c12-11-4-2-1-3-10(11)7-13-5-9(6-13)8-14/h1-4,9,14H,5-8,12H2. The minimum absolute atomic E-state index is 0.306. The van der Waals surface area contributed by atoms with E-state index in [2.05, 4.69) is 11.0 Å². The Labute approximate surface area is 84.1 Å². The molecule has 1 aromatic carbocycles. The first-order chi connectivity index (χ1) is 6.79. The highest BCUT2D eigenvalue weighted by molar-refractivity contribution is 5.46. The number of nitrogens with two attached hydrogens (primary N) is 1. The van der Waals surface area contributed by atoms with Crippen molar-refractivity contribution in [2.45, 2.75) is 6.54 Å². The minimum Gasteiger partial charge on any atom is -0.398 e. The van der Waals surface area contributed by atoms with Crippen molar-refractivity contribution in [2.75, 3.05) is 25.4 Å². The maximum atomic E-state index is 8.87. The summed E-state index contributed by atoms with van der Waals surface area (Å²) in [6.45, 7) is 3.19. The Morgan fingerprint density at radius 3 is 2.71 bits per heavy atom.